The van der Waals surface area contributed by atoms with E-state index in [0.29, 0.717) is 12.8 Å². The van der Waals surface area contributed by atoms with Gasteiger partial charge in [-0.15, -0.1) is 0 Å². The average Bonchev–Trinajstić information content (AvgIpc) is 2.16. The maximum atomic E-state index is 11.4. The zero-order chi connectivity index (χ0) is 11.8. The first-order valence-electron chi connectivity index (χ1n) is 5.34. The summed E-state index contributed by atoms with van der Waals surface area (Å²) in [6, 6.07) is 2.46. The smallest absolute Gasteiger partial charge is 0.223 e. The molecule has 0 rings (SSSR count). The summed E-state index contributed by atoms with van der Waals surface area (Å²) >= 11 is 0. The number of nitrogens with one attached hydrogen (secondary N) is 1. The summed E-state index contributed by atoms with van der Waals surface area (Å²) in [4.78, 5) is 13.0. The van der Waals surface area contributed by atoms with Crippen LogP contribution in [0.25, 0.3) is 0 Å². The van der Waals surface area contributed by atoms with Crippen LogP contribution in [0.5, 0.6) is 0 Å². The molecule has 1 amide bonds. The van der Waals surface area contributed by atoms with E-state index in [2.05, 4.69) is 11.4 Å². The van der Waals surface area contributed by atoms with E-state index in [1.165, 1.54) is 0 Å². The SMILES string of the molecule is CCC(CC#N)NC(C)CC(=O)N(C)C. The number of amides is 1. The van der Waals surface area contributed by atoms with Gasteiger partial charge in [-0.3, -0.25) is 4.79 Å². The molecule has 0 saturated carbocycles. The van der Waals surface area contributed by atoms with Crippen molar-refractivity contribution < 1.29 is 4.79 Å². The fourth-order valence-electron chi connectivity index (χ4n) is 1.34. The van der Waals surface area contributed by atoms with Crippen molar-refractivity contribution in [3.05, 3.63) is 0 Å². The minimum absolute atomic E-state index is 0.113. The summed E-state index contributed by atoms with van der Waals surface area (Å²) in [5.41, 5.74) is 0. The molecule has 4 heteroatoms. The molecule has 0 aromatic rings. The summed E-state index contributed by atoms with van der Waals surface area (Å²) in [5.74, 6) is 0.113. The van der Waals surface area contributed by atoms with Crippen molar-refractivity contribution in [1.82, 2.24) is 10.2 Å². The van der Waals surface area contributed by atoms with E-state index in [1.54, 1.807) is 19.0 Å². The van der Waals surface area contributed by atoms with Gasteiger partial charge in [-0.2, -0.15) is 5.26 Å². The van der Waals surface area contributed by atoms with Crippen LogP contribution in [0.4, 0.5) is 0 Å². The largest absolute Gasteiger partial charge is 0.349 e. The van der Waals surface area contributed by atoms with Crippen LogP contribution in [0, 0.1) is 11.3 Å². The van der Waals surface area contributed by atoms with Crippen LogP contribution < -0.4 is 5.32 Å². The molecule has 0 bridgehead atoms. The van der Waals surface area contributed by atoms with E-state index in [0.717, 1.165) is 6.42 Å². The number of nitriles is 1. The van der Waals surface area contributed by atoms with Crippen molar-refractivity contribution in [3.8, 4) is 6.07 Å². The molecule has 0 aliphatic rings. The van der Waals surface area contributed by atoms with Crippen LogP contribution in [-0.2, 0) is 4.79 Å². The van der Waals surface area contributed by atoms with Gasteiger partial charge < -0.3 is 10.2 Å². The molecular weight excluding hydrogens is 190 g/mol. The first-order valence-corrected chi connectivity index (χ1v) is 5.34. The van der Waals surface area contributed by atoms with Crippen molar-refractivity contribution >= 4 is 5.91 Å². The van der Waals surface area contributed by atoms with Gasteiger partial charge in [0, 0.05) is 32.6 Å². The standard InChI is InChI=1S/C11H21N3O/c1-5-10(6-7-12)13-9(2)8-11(15)14(3)4/h9-10,13H,5-6,8H2,1-4H3. The van der Waals surface area contributed by atoms with Gasteiger partial charge in [0.15, 0.2) is 0 Å². The molecule has 0 aliphatic carbocycles. The fourth-order valence-corrected chi connectivity index (χ4v) is 1.34. The van der Waals surface area contributed by atoms with Gasteiger partial charge in [0.2, 0.25) is 5.91 Å². The van der Waals surface area contributed by atoms with Crippen molar-refractivity contribution in [2.75, 3.05) is 14.1 Å². The number of hydrogen-bond donors (Lipinski definition) is 1. The van der Waals surface area contributed by atoms with Gasteiger partial charge in [0.05, 0.1) is 12.5 Å². The van der Waals surface area contributed by atoms with Gasteiger partial charge in [0.1, 0.15) is 0 Å². The Hall–Kier alpha value is -1.08. The van der Waals surface area contributed by atoms with Gasteiger partial charge in [-0.05, 0) is 13.3 Å². The fraction of sp³-hybridized carbons (Fsp3) is 0.818. The monoisotopic (exact) mass is 211 g/mol. The summed E-state index contributed by atoms with van der Waals surface area (Å²) in [7, 11) is 3.50. The Bertz CT molecular complexity index is 232. The van der Waals surface area contributed by atoms with Crippen molar-refractivity contribution in [1.29, 1.82) is 5.26 Å². The summed E-state index contributed by atoms with van der Waals surface area (Å²) < 4.78 is 0. The third-order valence-corrected chi connectivity index (χ3v) is 2.33. The minimum Gasteiger partial charge on any atom is -0.349 e. The lowest BCUT2D eigenvalue weighted by Crippen LogP contribution is -2.39. The zero-order valence-corrected chi connectivity index (χ0v) is 10.1. The molecule has 0 radical (unpaired) electrons. The Morgan fingerprint density at radius 1 is 1.53 bits per heavy atom. The van der Waals surface area contributed by atoms with E-state index < -0.39 is 0 Å². The Balaban J connectivity index is 3.96. The molecule has 0 aromatic heterocycles. The first-order chi connectivity index (χ1) is 7.01. The second kappa shape index (κ2) is 7.24. The third-order valence-electron chi connectivity index (χ3n) is 2.33. The molecule has 0 heterocycles. The lowest BCUT2D eigenvalue weighted by Gasteiger charge is -2.21. The van der Waals surface area contributed by atoms with Gasteiger partial charge in [-0.1, -0.05) is 6.92 Å². The molecule has 86 valence electrons. The third kappa shape index (κ3) is 6.08. The molecule has 0 saturated heterocycles. The first kappa shape index (κ1) is 13.9. The summed E-state index contributed by atoms with van der Waals surface area (Å²) in [6.45, 7) is 4.01. The number of carbonyl (C=O) groups is 1. The minimum atomic E-state index is 0.113. The van der Waals surface area contributed by atoms with Crippen molar-refractivity contribution in [3.63, 3.8) is 0 Å². The molecule has 0 fully saturated rings. The maximum absolute atomic E-state index is 11.4. The number of rotatable bonds is 6. The molecule has 2 atom stereocenters. The topological polar surface area (TPSA) is 56.1 Å². The Morgan fingerprint density at radius 3 is 2.53 bits per heavy atom. The summed E-state index contributed by atoms with van der Waals surface area (Å²) in [6.07, 6.45) is 1.89. The number of carbonyl (C=O) groups excluding carboxylic acids is 1. The van der Waals surface area contributed by atoms with E-state index in [4.69, 9.17) is 5.26 Å². The molecule has 15 heavy (non-hydrogen) atoms. The Morgan fingerprint density at radius 2 is 2.13 bits per heavy atom. The van der Waals surface area contributed by atoms with Crippen molar-refractivity contribution in [2.45, 2.75) is 45.2 Å². The highest BCUT2D eigenvalue weighted by molar-refractivity contribution is 5.76. The Labute approximate surface area is 92.3 Å². The van der Waals surface area contributed by atoms with E-state index in [1.807, 2.05) is 13.8 Å². The van der Waals surface area contributed by atoms with Gasteiger partial charge in [-0.25, -0.2) is 0 Å². The van der Waals surface area contributed by atoms with Crippen LogP contribution in [-0.4, -0.2) is 37.0 Å². The predicted molar refractivity (Wildman–Crippen MR) is 60.2 cm³/mol. The van der Waals surface area contributed by atoms with E-state index in [-0.39, 0.29) is 18.0 Å². The molecular formula is C11H21N3O. The molecule has 2 unspecified atom stereocenters. The average molecular weight is 211 g/mol. The number of hydrogen-bond acceptors (Lipinski definition) is 3. The highest BCUT2D eigenvalue weighted by atomic mass is 16.2. The quantitative estimate of drug-likeness (QED) is 0.716. The molecule has 4 nitrogen and oxygen atoms in total. The lowest BCUT2D eigenvalue weighted by atomic mass is 10.1. The lowest BCUT2D eigenvalue weighted by molar-refractivity contribution is -0.129. The second-order valence-corrected chi connectivity index (χ2v) is 4.03. The highest BCUT2D eigenvalue weighted by Crippen LogP contribution is 2.01. The van der Waals surface area contributed by atoms with Crippen LogP contribution in [0.3, 0.4) is 0 Å². The Kier molecular flexibility index (Phi) is 6.72. The molecule has 1 N–H and O–H groups in total. The molecule has 0 aliphatic heterocycles. The van der Waals surface area contributed by atoms with Crippen LogP contribution in [0.15, 0.2) is 0 Å². The normalized spacial score (nSPS) is 14.1. The summed E-state index contributed by atoms with van der Waals surface area (Å²) in [5, 5.41) is 11.9. The van der Waals surface area contributed by atoms with Crippen LogP contribution in [0.1, 0.15) is 33.1 Å². The molecule has 0 spiro atoms. The highest BCUT2D eigenvalue weighted by Gasteiger charge is 2.14. The van der Waals surface area contributed by atoms with Crippen LogP contribution in [0.2, 0.25) is 0 Å². The zero-order valence-electron chi connectivity index (χ0n) is 10.1. The number of nitrogens with zero attached hydrogens (tertiary/aromatic N) is 2. The van der Waals surface area contributed by atoms with Gasteiger partial charge in [0.25, 0.3) is 0 Å². The second-order valence-electron chi connectivity index (χ2n) is 4.03. The van der Waals surface area contributed by atoms with E-state index >= 15 is 0 Å². The van der Waals surface area contributed by atoms with Crippen LogP contribution >= 0.6 is 0 Å². The maximum Gasteiger partial charge on any atom is 0.223 e. The predicted octanol–water partition coefficient (Wildman–Crippen LogP) is 1.14. The molecule has 0 aromatic carbocycles. The van der Waals surface area contributed by atoms with Gasteiger partial charge >= 0.3 is 0 Å². The van der Waals surface area contributed by atoms with Crippen molar-refractivity contribution in [2.24, 2.45) is 0 Å². The van der Waals surface area contributed by atoms with E-state index in [9.17, 15) is 4.79 Å².